The summed E-state index contributed by atoms with van der Waals surface area (Å²) in [6.07, 6.45) is 4.71. The van der Waals surface area contributed by atoms with E-state index in [4.69, 9.17) is 9.51 Å². The minimum atomic E-state index is 0.460. The molecule has 1 aliphatic heterocycles. The Morgan fingerprint density at radius 3 is 2.73 bits per heavy atom. The Labute approximate surface area is 174 Å². The van der Waals surface area contributed by atoms with Gasteiger partial charge in [0.25, 0.3) is 5.89 Å². The van der Waals surface area contributed by atoms with E-state index in [1.165, 1.54) is 11.1 Å². The molecular weight excluding hydrogens is 376 g/mol. The number of hydrogen-bond donors (Lipinski definition) is 1. The first-order chi connectivity index (χ1) is 14.8. The zero-order chi connectivity index (χ0) is 20.3. The molecule has 7 nitrogen and oxygen atoms in total. The highest BCUT2D eigenvalue weighted by Crippen LogP contribution is 2.25. The molecule has 0 unspecified atom stereocenters. The average Bonchev–Trinajstić information content (AvgIpc) is 3.24. The average molecular weight is 398 g/mol. The SMILES string of the molecule is Cc1noc(-c2cccnc2NCc2ccc(N3CCc4ccccc4C3)nc2)n1. The molecule has 0 saturated heterocycles. The lowest BCUT2D eigenvalue weighted by atomic mass is 10.00. The number of hydrogen-bond acceptors (Lipinski definition) is 7. The Morgan fingerprint density at radius 2 is 1.93 bits per heavy atom. The number of rotatable bonds is 5. The van der Waals surface area contributed by atoms with Crippen LogP contribution in [-0.2, 0) is 19.5 Å². The van der Waals surface area contributed by atoms with Gasteiger partial charge in [0.1, 0.15) is 11.6 Å². The van der Waals surface area contributed by atoms with Crippen molar-refractivity contribution in [1.29, 1.82) is 0 Å². The van der Waals surface area contributed by atoms with Crippen LogP contribution in [0.3, 0.4) is 0 Å². The number of pyridine rings is 2. The second-order valence-corrected chi connectivity index (χ2v) is 7.36. The van der Waals surface area contributed by atoms with E-state index in [0.29, 0.717) is 24.1 Å². The van der Waals surface area contributed by atoms with Crippen LogP contribution in [0.2, 0.25) is 0 Å². The van der Waals surface area contributed by atoms with E-state index < -0.39 is 0 Å². The van der Waals surface area contributed by atoms with Gasteiger partial charge in [0.15, 0.2) is 5.82 Å². The fourth-order valence-electron chi connectivity index (χ4n) is 3.71. The summed E-state index contributed by atoms with van der Waals surface area (Å²) in [5, 5.41) is 7.22. The first-order valence-electron chi connectivity index (χ1n) is 10.0. The van der Waals surface area contributed by atoms with E-state index in [1.807, 2.05) is 18.3 Å². The van der Waals surface area contributed by atoms with E-state index in [1.54, 1.807) is 13.1 Å². The van der Waals surface area contributed by atoms with Gasteiger partial charge in [-0.25, -0.2) is 9.97 Å². The minimum absolute atomic E-state index is 0.460. The maximum atomic E-state index is 5.29. The standard InChI is InChI=1S/C23H22N6O/c1-16-27-23(30-28-16)20-7-4-11-24-22(20)26-14-17-8-9-21(25-13-17)29-12-10-18-5-2-3-6-19(18)15-29/h2-9,11,13H,10,12,14-15H2,1H3,(H,24,26). The molecule has 4 heterocycles. The summed E-state index contributed by atoms with van der Waals surface area (Å²) in [6.45, 7) is 4.29. The van der Waals surface area contributed by atoms with Gasteiger partial charge < -0.3 is 14.7 Å². The normalized spacial score (nSPS) is 13.2. The van der Waals surface area contributed by atoms with Crippen molar-refractivity contribution in [3.8, 4) is 11.5 Å². The molecule has 5 rings (SSSR count). The van der Waals surface area contributed by atoms with Gasteiger partial charge in [-0.1, -0.05) is 35.5 Å². The van der Waals surface area contributed by atoms with Crippen molar-refractivity contribution in [1.82, 2.24) is 20.1 Å². The molecular formula is C23H22N6O. The second kappa shape index (κ2) is 7.94. The number of nitrogens with zero attached hydrogens (tertiary/aromatic N) is 5. The Hall–Kier alpha value is -3.74. The quantitative estimate of drug-likeness (QED) is 0.544. The molecule has 0 saturated carbocycles. The molecule has 0 spiro atoms. The van der Waals surface area contributed by atoms with Gasteiger partial charge in [0, 0.05) is 32.0 Å². The molecule has 7 heteroatoms. The zero-order valence-electron chi connectivity index (χ0n) is 16.7. The van der Waals surface area contributed by atoms with Crippen LogP contribution < -0.4 is 10.2 Å². The molecule has 1 N–H and O–H groups in total. The van der Waals surface area contributed by atoms with Gasteiger partial charge in [-0.15, -0.1) is 0 Å². The number of aromatic nitrogens is 4. The van der Waals surface area contributed by atoms with E-state index in [0.717, 1.165) is 36.5 Å². The smallest absolute Gasteiger partial charge is 0.261 e. The summed E-state index contributed by atoms with van der Waals surface area (Å²) in [4.78, 5) is 15.7. The molecule has 30 heavy (non-hydrogen) atoms. The van der Waals surface area contributed by atoms with E-state index in [9.17, 15) is 0 Å². The maximum Gasteiger partial charge on any atom is 0.261 e. The van der Waals surface area contributed by atoms with E-state index in [-0.39, 0.29) is 0 Å². The van der Waals surface area contributed by atoms with Crippen LogP contribution in [-0.4, -0.2) is 26.7 Å². The molecule has 0 bridgehead atoms. The highest BCUT2D eigenvalue weighted by atomic mass is 16.5. The summed E-state index contributed by atoms with van der Waals surface area (Å²) in [5.74, 6) is 2.77. The molecule has 1 aromatic carbocycles. The monoisotopic (exact) mass is 398 g/mol. The van der Waals surface area contributed by atoms with Gasteiger partial charge in [-0.3, -0.25) is 0 Å². The van der Waals surface area contributed by atoms with Crippen LogP contribution in [0.4, 0.5) is 11.6 Å². The van der Waals surface area contributed by atoms with Crippen LogP contribution in [0.5, 0.6) is 0 Å². The van der Waals surface area contributed by atoms with Crippen LogP contribution in [0, 0.1) is 6.92 Å². The lowest BCUT2D eigenvalue weighted by Gasteiger charge is -2.29. The lowest BCUT2D eigenvalue weighted by molar-refractivity contribution is 0.425. The number of nitrogens with one attached hydrogen (secondary N) is 1. The molecule has 0 radical (unpaired) electrons. The number of anilines is 2. The molecule has 150 valence electrons. The van der Waals surface area contributed by atoms with Crippen LogP contribution in [0.15, 0.2) is 65.4 Å². The summed E-state index contributed by atoms with van der Waals surface area (Å²) in [6, 6.07) is 16.6. The highest BCUT2D eigenvalue weighted by molar-refractivity contribution is 5.68. The first kappa shape index (κ1) is 18.3. The zero-order valence-corrected chi connectivity index (χ0v) is 16.7. The third kappa shape index (κ3) is 3.74. The Bertz CT molecular complexity index is 1150. The highest BCUT2D eigenvalue weighted by Gasteiger charge is 2.17. The lowest BCUT2D eigenvalue weighted by Crippen LogP contribution is -2.30. The molecule has 0 fully saturated rings. The largest absolute Gasteiger partial charge is 0.365 e. The van der Waals surface area contributed by atoms with Crippen LogP contribution in [0.25, 0.3) is 11.5 Å². The summed E-state index contributed by atoms with van der Waals surface area (Å²) in [5.41, 5.74) is 4.69. The van der Waals surface area contributed by atoms with Crippen molar-refractivity contribution in [2.24, 2.45) is 0 Å². The van der Waals surface area contributed by atoms with Crippen molar-refractivity contribution < 1.29 is 4.52 Å². The van der Waals surface area contributed by atoms with Crippen LogP contribution in [0.1, 0.15) is 22.5 Å². The molecule has 0 atom stereocenters. The third-order valence-electron chi connectivity index (χ3n) is 5.29. The summed E-state index contributed by atoms with van der Waals surface area (Å²) in [7, 11) is 0. The first-order valence-corrected chi connectivity index (χ1v) is 10.0. The number of aryl methyl sites for hydroxylation is 1. The van der Waals surface area contributed by atoms with Crippen molar-refractivity contribution >= 4 is 11.6 Å². The topological polar surface area (TPSA) is 80.0 Å². The number of fused-ring (bicyclic) bond motifs is 1. The van der Waals surface area contributed by atoms with Gasteiger partial charge >= 0.3 is 0 Å². The van der Waals surface area contributed by atoms with Crippen molar-refractivity contribution in [2.45, 2.75) is 26.4 Å². The Morgan fingerprint density at radius 1 is 1.03 bits per heavy atom. The third-order valence-corrected chi connectivity index (χ3v) is 5.29. The predicted octanol–water partition coefficient (Wildman–Crippen LogP) is 4.01. The molecule has 1 aliphatic rings. The maximum absolute atomic E-state index is 5.29. The Kier molecular flexibility index (Phi) is 4.85. The van der Waals surface area contributed by atoms with Gasteiger partial charge in [0.2, 0.25) is 0 Å². The summed E-state index contributed by atoms with van der Waals surface area (Å²) < 4.78 is 5.29. The fourth-order valence-corrected chi connectivity index (χ4v) is 3.71. The second-order valence-electron chi connectivity index (χ2n) is 7.36. The molecule has 0 aliphatic carbocycles. The predicted molar refractivity (Wildman–Crippen MR) is 115 cm³/mol. The molecule has 4 aromatic rings. The number of benzene rings is 1. The van der Waals surface area contributed by atoms with E-state index in [2.05, 4.69) is 61.7 Å². The van der Waals surface area contributed by atoms with Crippen LogP contribution >= 0.6 is 0 Å². The minimum Gasteiger partial charge on any atom is -0.365 e. The van der Waals surface area contributed by atoms with Gasteiger partial charge in [-0.2, -0.15) is 4.98 Å². The van der Waals surface area contributed by atoms with Gasteiger partial charge in [0.05, 0.1) is 5.56 Å². The Balaban J connectivity index is 1.27. The molecule has 3 aromatic heterocycles. The van der Waals surface area contributed by atoms with Gasteiger partial charge in [-0.05, 0) is 48.2 Å². The van der Waals surface area contributed by atoms with Crippen molar-refractivity contribution in [3.05, 3.63) is 83.4 Å². The molecule has 0 amide bonds. The van der Waals surface area contributed by atoms with Crippen molar-refractivity contribution in [2.75, 3.05) is 16.8 Å². The summed E-state index contributed by atoms with van der Waals surface area (Å²) >= 11 is 0. The fraction of sp³-hybridized carbons (Fsp3) is 0.217. The van der Waals surface area contributed by atoms with Crippen molar-refractivity contribution in [3.63, 3.8) is 0 Å². The van der Waals surface area contributed by atoms with E-state index >= 15 is 0 Å².